The number of ketones is 1. The number of hydrogen-bond donors (Lipinski definition) is 0. The van der Waals surface area contributed by atoms with Crippen LogP contribution < -0.4 is 9.64 Å². The first-order chi connectivity index (χ1) is 15.0. The average molecular weight is 419 g/mol. The molecular formula is C24H21NO6. The van der Waals surface area contributed by atoms with Crippen LogP contribution >= 0.6 is 0 Å². The number of fused-ring (bicyclic) bond motifs is 1. The molecule has 1 saturated heterocycles. The van der Waals surface area contributed by atoms with Crippen LogP contribution in [0.4, 0.5) is 5.69 Å². The fourth-order valence-electron chi connectivity index (χ4n) is 3.92. The third-order valence-corrected chi connectivity index (χ3v) is 5.57. The topological polar surface area (TPSA) is 90.0 Å². The van der Waals surface area contributed by atoms with Gasteiger partial charge in [0.25, 0.3) is 0 Å². The highest BCUT2D eigenvalue weighted by atomic mass is 16.5. The molecule has 1 heterocycles. The third-order valence-electron chi connectivity index (χ3n) is 5.57. The van der Waals surface area contributed by atoms with Crippen LogP contribution in [-0.4, -0.2) is 37.3 Å². The Hall–Kier alpha value is -3.74. The number of nitrogens with zero attached hydrogens (tertiary/aromatic N) is 1. The number of anilines is 1. The zero-order valence-corrected chi connectivity index (χ0v) is 16.9. The van der Waals surface area contributed by atoms with Crippen molar-refractivity contribution in [2.75, 3.05) is 18.6 Å². The van der Waals surface area contributed by atoms with Crippen LogP contribution in [0, 0.1) is 11.8 Å². The molecule has 0 radical (unpaired) electrons. The molecule has 7 heteroatoms. The molecule has 158 valence electrons. The second-order valence-electron chi connectivity index (χ2n) is 7.45. The average Bonchev–Trinajstić information content (AvgIpc) is 3.07. The van der Waals surface area contributed by atoms with Gasteiger partial charge in [-0.05, 0) is 43.2 Å². The molecule has 2 atom stereocenters. The molecule has 1 fully saturated rings. The van der Waals surface area contributed by atoms with E-state index in [9.17, 15) is 19.2 Å². The summed E-state index contributed by atoms with van der Waals surface area (Å²) in [6, 6.07) is 12.7. The van der Waals surface area contributed by atoms with Gasteiger partial charge in [0.05, 0.1) is 30.2 Å². The minimum Gasteiger partial charge on any atom is -0.497 e. The number of benzene rings is 2. The van der Waals surface area contributed by atoms with Crippen LogP contribution in [0.1, 0.15) is 33.6 Å². The van der Waals surface area contributed by atoms with Gasteiger partial charge in [0.15, 0.2) is 12.4 Å². The number of carbonyl (C=O) groups excluding carboxylic acids is 4. The summed E-state index contributed by atoms with van der Waals surface area (Å²) in [5.74, 6) is -1.76. The maximum Gasteiger partial charge on any atom is 0.338 e. The smallest absolute Gasteiger partial charge is 0.338 e. The van der Waals surface area contributed by atoms with Gasteiger partial charge in [-0.15, -0.1) is 0 Å². The van der Waals surface area contributed by atoms with Gasteiger partial charge >= 0.3 is 5.97 Å². The Labute approximate surface area is 179 Å². The number of imide groups is 1. The zero-order valence-electron chi connectivity index (χ0n) is 16.9. The van der Waals surface area contributed by atoms with Gasteiger partial charge in [-0.3, -0.25) is 19.3 Å². The van der Waals surface area contributed by atoms with Crippen LogP contribution in [-0.2, 0) is 14.3 Å². The molecule has 2 aromatic carbocycles. The van der Waals surface area contributed by atoms with Crippen molar-refractivity contribution in [1.29, 1.82) is 0 Å². The number of methoxy groups -OCH3 is 1. The van der Waals surface area contributed by atoms with E-state index in [1.807, 2.05) is 12.2 Å². The summed E-state index contributed by atoms with van der Waals surface area (Å²) in [5, 5.41) is 0. The lowest BCUT2D eigenvalue weighted by atomic mass is 9.85. The van der Waals surface area contributed by atoms with E-state index in [-0.39, 0.29) is 35.0 Å². The Morgan fingerprint density at radius 1 is 0.935 bits per heavy atom. The first kappa shape index (κ1) is 20.5. The number of amides is 2. The Morgan fingerprint density at radius 3 is 2.26 bits per heavy atom. The van der Waals surface area contributed by atoms with Gasteiger partial charge in [-0.25, -0.2) is 4.79 Å². The van der Waals surface area contributed by atoms with Crippen LogP contribution in [0.5, 0.6) is 5.75 Å². The normalized spacial score (nSPS) is 19.8. The Balaban J connectivity index is 1.45. The number of Topliss-reactive ketones (excluding diaryl/α,β-unsaturated/α-hetero) is 1. The number of hydrogen-bond acceptors (Lipinski definition) is 6. The summed E-state index contributed by atoms with van der Waals surface area (Å²) in [4.78, 5) is 51.5. The quantitative estimate of drug-likeness (QED) is 0.309. The van der Waals surface area contributed by atoms with Crippen molar-refractivity contribution in [3.8, 4) is 5.75 Å². The van der Waals surface area contributed by atoms with Crippen LogP contribution in [0.2, 0.25) is 0 Å². The van der Waals surface area contributed by atoms with E-state index in [4.69, 9.17) is 9.47 Å². The van der Waals surface area contributed by atoms with Crippen molar-refractivity contribution in [3.05, 3.63) is 71.8 Å². The van der Waals surface area contributed by atoms with E-state index < -0.39 is 12.6 Å². The van der Waals surface area contributed by atoms with Crippen LogP contribution in [0.15, 0.2) is 60.7 Å². The van der Waals surface area contributed by atoms with Crippen molar-refractivity contribution in [2.24, 2.45) is 11.8 Å². The molecule has 1 aliphatic carbocycles. The molecule has 0 aromatic heterocycles. The maximum absolute atomic E-state index is 12.8. The second kappa shape index (κ2) is 8.55. The molecule has 7 nitrogen and oxygen atoms in total. The van der Waals surface area contributed by atoms with E-state index in [0.717, 1.165) is 4.90 Å². The Kier molecular flexibility index (Phi) is 5.66. The minimum absolute atomic E-state index is 0.157. The van der Waals surface area contributed by atoms with Crippen molar-refractivity contribution in [2.45, 2.75) is 12.8 Å². The Bertz CT molecular complexity index is 1060. The predicted octanol–water partition coefficient (Wildman–Crippen LogP) is 3.19. The van der Waals surface area contributed by atoms with E-state index in [1.165, 1.54) is 19.2 Å². The number of ether oxygens (including phenoxy) is 2. The molecule has 2 aliphatic rings. The predicted molar refractivity (Wildman–Crippen MR) is 112 cm³/mol. The summed E-state index contributed by atoms with van der Waals surface area (Å²) >= 11 is 0. The van der Waals surface area contributed by atoms with E-state index in [2.05, 4.69) is 0 Å². The highest BCUT2D eigenvalue weighted by Gasteiger charge is 2.47. The number of carbonyl (C=O) groups is 4. The van der Waals surface area contributed by atoms with E-state index in [0.29, 0.717) is 29.8 Å². The molecule has 0 bridgehead atoms. The first-order valence-corrected chi connectivity index (χ1v) is 9.97. The number of rotatable bonds is 6. The summed E-state index contributed by atoms with van der Waals surface area (Å²) in [6.45, 7) is -0.437. The molecule has 2 aromatic rings. The molecule has 0 unspecified atom stereocenters. The minimum atomic E-state index is -0.712. The molecular weight excluding hydrogens is 398 g/mol. The third kappa shape index (κ3) is 3.99. The lowest BCUT2D eigenvalue weighted by molar-refractivity contribution is -0.122. The SMILES string of the molecule is COc1cccc(C(=O)COC(=O)c2cccc(N3C(=O)[C@H]4CC=CC[C@H]4C3=O)c2)c1. The zero-order chi connectivity index (χ0) is 22.0. The van der Waals surface area contributed by atoms with Gasteiger partial charge in [0.2, 0.25) is 11.8 Å². The van der Waals surface area contributed by atoms with Crippen molar-refractivity contribution < 1.29 is 28.7 Å². The van der Waals surface area contributed by atoms with E-state index in [1.54, 1.807) is 36.4 Å². The van der Waals surface area contributed by atoms with Gasteiger partial charge < -0.3 is 9.47 Å². The fourth-order valence-corrected chi connectivity index (χ4v) is 3.92. The standard InChI is InChI=1S/C24H21NO6/c1-30-18-9-5-6-15(13-18)21(26)14-31-24(29)16-7-4-8-17(12-16)25-22(27)19-10-2-3-11-20(19)23(25)28/h2-9,12-13,19-20H,10-11,14H2,1H3/t19-,20+. The highest BCUT2D eigenvalue weighted by Crippen LogP contribution is 2.37. The largest absolute Gasteiger partial charge is 0.497 e. The van der Waals surface area contributed by atoms with Crippen LogP contribution in [0.25, 0.3) is 0 Å². The summed E-state index contributed by atoms with van der Waals surface area (Å²) in [7, 11) is 1.50. The highest BCUT2D eigenvalue weighted by molar-refractivity contribution is 6.22. The second-order valence-corrected chi connectivity index (χ2v) is 7.45. The maximum atomic E-state index is 12.8. The molecule has 0 saturated carbocycles. The summed E-state index contributed by atoms with van der Waals surface area (Å²) < 4.78 is 10.2. The molecule has 1 aliphatic heterocycles. The van der Waals surface area contributed by atoms with Gasteiger partial charge in [0, 0.05) is 5.56 Å². The van der Waals surface area contributed by atoms with Crippen molar-refractivity contribution in [1.82, 2.24) is 0 Å². The number of allylic oxidation sites excluding steroid dienone is 2. The van der Waals surface area contributed by atoms with Crippen molar-refractivity contribution in [3.63, 3.8) is 0 Å². The van der Waals surface area contributed by atoms with Crippen LogP contribution in [0.3, 0.4) is 0 Å². The lowest BCUT2D eigenvalue weighted by Gasteiger charge is -2.15. The molecule has 0 spiro atoms. The molecule has 4 rings (SSSR count). The number of esters is 1. The van der Waals surface area contributed by atoms with Gasteiger partial charge in [-0.1, -0.05) is 30.4 Å². The van der Waals surface area contributed by atoms with Gasteiger partial charge in [0.1, 0.15) is 5.75 Å². The summed E-state index contributed by atoms with van der Waals surface area (Å²) in [6.07, 6.45) is 4.92. The first-order valence-electron chi connectivity index (χ1n) is 9.97. The van der Waals surface area contributed by atoms with Crippen molar-refractivity contribution >= 4 is 29.3 Å². The Morgan fingerprint density at radius 2 is 1.58 bits per heavy atom. The van der Waals surface area contributed by atoms with E-state index >= 15 is 0 Å². The lowest BCUT2D eigenvalue weighted by Crippen LogP contribution is -2.31. The molecule has 0 N–H and O–H groups in total. The molecule has 31 heavy (non-hydrogen) atoms. The summed E-state index contributed by atoms with van der Waals surface area (Å²) in [5.41, 5.74) is 0.855. The fraction of sp³-hybridized carbons (Fsp3) is 0.250. The van der Waals surface area contributed by atoms with Gasteiger partial charge in [-0.2, -0.15) is 0 Å². The molecule has 2 amide bonds. The monoisotopic (exact) mass is 419 g/mol.